The van der Waals surface area contributed by atoms with Gasteiger partial charge in [-0.3, -0.25) is 4.79 Å². The van der Waals surface area contributed by atoms with Crippen molar-refractivity contribution in [3.05, 3.63) is 77.1 Å². The van der Waals surface area contributed by atoms with Crippen LogP contribution in [0.4, 0.5) is 5.69 Å². The van der Waals surface area contributed by atoms with E-state index in [1.807, 2.05) is 25.1 Å². The van der Waals surface area contributed by atoms with Crippen LogP contribution in [-0.2, 0) is 4.74 Å². The number of nitrogen functional groups attached to an aromatic ring is 1. The number of carbonyl (C=O) groups is 2. The number of aryl methyl sites for hydroxylation is 1. The third-order valence-electron chi connectivity index (χ3n) is 4.53. The molecule has 130 valence electrons. The van der Waals surface area contributed by atoms with E-state index in [9.17, 15) is 9.59 Å². The average Bonchev–Trinajstić information content (AvgIpc) is 3.19. The van der Waals surface area contributed by atoms with Crippen molar-refractivity contribution in [2.45, 2.75) is 19.4 Å². The molecule has 3 aromatic rings. The molecule has 6 heteroatoms. The molecule has 0 amide bonds. The molecule has 0 aliphatic carbocycles. The predicted molar refractivity (Wildman–Crippen MR) is 96.3 cm³/mol. The SMILES string of the molecule is Cc1ccnn1-c1ccc(C(=O)CC2OC(=O)c3ccc(N)cc32)cc1. The normalized spacial score (nSPS) is 15.6. The Morgan fingerprint density at radius 2 is 1.96 bits per heavy atom. The molecule has 1 atom stereocenters. The molecule has 4 rings (SSSR count). The number of rotatable bonds is 4. The van der Waals surface area contributed by atoms with Crippen LogP contribution in [0, 0.1) is 6.92 Å². The number of hydrogen-bond donors (Lipinski definition) is 1. The summed E-state index contributed by atoms with van der Waals surface area (Å²) in [5.41, 5.74) is 9.94. The molecule has 1 aliphatic heterocycles. The fraction of sp³-hybridized carbons (Fsp3) is 0.150. The van der Waals surface area contributed by atoms with Gasteiger partial charge >= 0.3 is 5.97 Å². The minimum absolute atomic E-state index is 0.0857. The zero-order valence-electron chi connectivity index (χ0n) is 14.2. The maximum absolute atomic E-state index is 12.6. The smallest absolute Gasteiger partial charge is 0.339 e. The second kappa shape index (κ2) is 6.15. The van der Waals surface area contributed by atoms with Gasteiger partial charge in [-0.2, -0.15) is 5.10 Å². The minimum Gasteiger partial charge on any atom is -0.453 e. The molecule has 0 fully saturated rings. The Balaban J connectivity index is 1.54. The lowest BCUT2D eigenvalue weighted by Gasteiger charge is -2.11. The zero-order chi connectivity index (χ0) is 18.3. The number of anilines is 1. The van der Waals surface area contributed by atoms with Gasteiger partial charge < -0.3 is 10.5 Å². The number of carbonyl (C=O) groups excluding carboxylic acids is 2. The molecular weight excluding hydrogens is 330 g/mol. The van der Waals surface area contributed by atoms with Gasteiger partial charge in [0.05, 0.1) is 17.7 Å². The number of ketones is 1. The molecule has 0 bridgehead atoms. The van der Waals surface area contributed by atoms with Gasteiger partial charge in [0.25, 0.3) is 0 Å². The third-order valence-corrected chi connectivity index (χ3v) is 4.53. The number of nitrogens with two attached hydrogens (primary N) is 1. The Bertz CT molecular complexity index is 1010. The lowest BCUT2D eigenvalue weighted by Crippen LogP contribution is -2.08. The zero-order valence-corrected chi connectivity index (χ0v) is 14.2. The summed E-state index contributed by atoms with van der Waals surface area (Å²) in [5, 5.41) is 4.25. The highest BCUT2D eigenvalue weighted by molar-refractivity contribution is 5.99. The summed E-state index contributed by atoms with van der Waals surface area (Å²) in [7, 11) is 0. The molecule has 2 N–H and O–H groups in total. The summed E-state index contributed by atoms with van der Waals surface area (Å²) in [6.45, 7) is 1.96. The lowest BCUT2D eigenvalue weighted by molar-refractivity contribution is 0.0367. The number of esters is 1. The van der Waals surface area contributed by atoms with Crippen LogP contribution in [-0.4, -0.2) is 21.5 Å². The highest BCUT2D eigenvalue weighted by Crippen LogP contribution is 2.35. The monoisotopic (exact) mass is 347 g/mol. The number of hydrogen-bond acceptors (Lipinski definition) is 5. The predicted octanol–water partition coefficient (Wildman–Crippen LogP) is 3.25. The molecule has 1 unspecified atom stereocenters. The van der Waals surface area contributed by atoms with Crippen molar-refractivity contribution in [2.75, 3.05) is 5.73 Å². The number of aromatic nitrogens is 2. The van der Waals surface area contributed by atoms with Crippen molar-refractivity contribution in [2.24, 2.45) is 0 Å². The fourth-order valence-corrected chi connectivity index (χ4v) is 3.16. The first-order valence-electron chi connectivity index (χ1n) is 8.27. The number of ether oxygens (including phenoxy) is 1. The summed E-state index contributed by atoms with van der Waals surface area (Å²) < 4.78 is 7.15. The summed E-state index contributed by atoms with van der Waals surface area (Å²) in [6.07, 6.45) is 1.22. The first kappa shape index (κ1) is 16.1. The number of nitrogens with zero attached hydrogens (tertiary/aromatic N) is 2. The molecule has 26 heavy (non-hydrogen) atoms. The summed E-state index contributed by atoms with van der Waals surface area (Å²) in [5.74, 6) is -0.510. The highest BCUT2D eigenvalue weighted by Gasteiger charge is 2.32. The van der Waals surface area contributed by atoms with Gasteiger partial charge in [0.1, 0.15) is 6.10 Å². The average molecular weight is 347 g/mol. The molecule has 0 radical (unpaired) electrons. The van der Waals surface area contributed by atoms with Crippen molar-refractivity contribution in [1.29, 1.82) is 0 Å². The maximum Gasteiger partial charge on any atom is 0.339 e. The largest absolute Gasteiger partial charge is 0.453 e. The summed E-state index contributed by atoms with van der Waals surface area (Å²) >= 11 is 0. The number of Topliss-reactive ketones (excluding diaryl/α,β-unsaturated/α-hetero) is 1. The van der Waals surface area contributed by atoms with Crippen LogP contribution in [0.15, 0.2) is 54.7 Å². The molecule has 2 aromatic carbocycles. The molecule has 0 saturated heterocycles. The van der Waals surface area contributed by atoms with Gasteiger partial charge in [-0.05, 0) is 55.5 Å². The molecular formula is C20H17N3O3. The van der Waals surface area contributed by atoms with Crippen molar-refractivity contribution in [3.63, 3.8) is 0 Å². The van der Waals surface area contributed by atoms with Gasteiger partial charge in [0, 0.05) is 28.7 Å². The Morgan fingerprint density at radius 3 is 2.65 bits per heavy atom. The van der Waals surface area contributed by atoms with Crippen molar-refractivity contribution in [3.8, 4) is 5.69 Å². The quantitative estimate of drug-likeness (QED) is 0.445. The van der Waals surface area contributed by atoms with E-state index in [1.165, 1.54) is 0 Å². The van der Waals surface area contributed by atoms with E-state index in [0.29, 0.717) is 22.4 Å². The van der Waals surface area contributed by atoms with Gasteiger partial charge in [-0.1, -0.05) is 0 Å². The second-order valence-electron chi connectivity index (χ2n) is 6.30. The van der Waals surface area contributed by atoms with E-state index in [4.69, 9.17) is 10.5 Å². The molecule has 0 spiro atoms. The van der Waals surface area contributed by atoms with Gasteiger partial charge in [0.2, 0.25) is 0 Å². The van der Waals surface area contributed by atoms with E-state index in [2.05, 4.69) is 5.10 Å². The fourth-order valence-electron chi connectivity index (χ4n) is 3.16. The van der Waals surface area contributed by atoms with Crippen molar-refractivity contribution in [1.82, 2.24) is 9.78 Å². The Kier molecular flexibility index (Phi) is 3.80. The van der Waals surface area contributed by atoms with Crippen LogP contribution in [0.2, 0.25) is 0 Å². The highest BCUT2D eigenvalue weighted by atomic mass is 16.5. The van der Waals surface area contributed by atoms with E-state index in [-0.39, 0.29) is 12.2 Å². The third kappa shape index (κ3) is 2.75. The molecule has 6 nitrogen and oxygen atoms in total. The van der Waals surface area contributed by atoms with Gasteiger partial charge in [-0.15, -0.1) is 0 Å². The molecule has 2 heterocycles. The topological polar surface area (TPSA) is 87.2 Å². The lowest BCUT2D eigenvalue weighted by atomic mass is 9.98. The van der Waals surface area contributed by atoms with Crippen LogP contribution in [0.3, 0.4) is 0 Å². The molecule has 0 saturated carbocycles. The van der Waals surface area contributed by atoms with Gasteiger partial charge in [-0.25, -0.2) is 9.48 Å². The number of fused-ring (bicyclic) bond motifs is 1. The Hall–Kier alpha value is -3.41. The van der Waals surface area contributed by atoms with Crippen molar-refractivity contribution < 1.29 is 14.3 Å². The maximum atomic E-state index is 12.6. The van der Waals surface area contributed by atoms with Crippen LogP contribution < -0.4 is 5.73 Å². The first-order chi connectivity index (χ1) is 12.5. The Morgan fingerprint density at radius 1 is 1.19 bits per heavy atom. The summed E-state index contributed by atoms with van der Waals surface area (Å²) in [6, 6.07) is 14.1. The standard InChI is InChI=1S/C20H17N3O3/c1-12-8-9-22-23(12)15-5-2-13(3-6-15)18(24)11-19-17-10-14(21)4-7-16(17)20(25)26-19/h2-10,19H,11,21H2,1H3. The number of cyclic esters (lactones) is 1. The number of benzene rings is 2. The van der Waals surface area contributed by atoms with Crippen LogP contribution in [0.1, 0.15) is 44.5 Å². The van der Waals surface area contributed by atoms with E-state index in [0.717, 1.165) is 11.4 Å². The Labute approximate surface area is 150 Å². The van der Waals surface area contributed by atoms with Gasteiger partial charge in [0.15, 0.2) is 5.78 Å². The van der Waals surface area contributed by atoms with E-state index in [1.54, 1.807) is 41.2 Å². The van der Waals surface area contributed by atoms with Crippen LogP contribution in [0.5, 0.6) is 0 Å². The summed E-state index contributed by atoms with van der Waals surface area (Å²) in [4.78, 5) is 24.6. The molecule has 1 aromatic heterocycles. The second-order valence-corrected chi connectivity index (χ2v) is 6.30. The van der Waals surface area contributed by atoms with Crippen LogP contribution in [0.25, 0.3) is 5.69 Å². The minimum atomic E-state index is -0.596. The van der Waals surface area contributed by atoms with E-state index < -0.39 is 12.1 Å². The first-order valence-corrected chi connectivity index (χ1v) is 8.27. The van der Waals surface area contributed by atoms with Crippen LogP contribution >= 0.6 is 0 Å². The molecule has 1 aliphatic rings. The van der Waals surface area contributed by atoms with Crippen molar-refractivity contribution >= 4 is 17.4 Å². The van der Waals surface area contributed by atoms with E-state index >= 15 is 0 Å².